The number of hydrogen-bond acceptors (Lipinski definition) is 5. The van der Waals surface area contributed by atoms with Gasteiger partial charge in [0.15, 0.2) is 0 Å². The molecule has 0 aromatic heterocycles. The standard InChI is InChI=1S/C26H31ClN4O2S/c1-2-26(29-24-4-3-5-25(18-24)34(28,32)33)31-16-14-30(15-17-31)19-20-6-8-21(9-7-20)22-10-12-23(27)13-11-22/h3-13,18,26,29H,2,14-17,19H2,1H3,(H2,28,32,33)/t26-/m1/s1. The van der Waals surface area contributed by atoms with Crippen LogP contribution in [0.1, 0.15) is 18.9 Å². The monoisotopic (exact) mass is 498 g/mol. The van der Waals surface area contributed by atoms with Gasteiger partial charge in [-0.15, -0.1) is 0 Å². The van der Waals surface area contributed by atoms with Crippen LogP contribution < -0.4 is 10.5 Å². The fourth-order valence-corrected chi connectivity index (χ4v) is 5.03. The molecular formula is C26H31ClN4O2S. The Hall–Kier alpha value is -2.42. The largest absolute Gasteiger partial charge is 0.370 e. The summed E-state index contributed by atoms with van der Waals surface area (Å²) in [5, 5.41) is 9.50. The van der Waals surface area contributed by atoms with Crippen LogP contribution in [-0.4, -0.2) is 50.6 Å². The summed E-state index contributed by atoms with van der Waals surface area (Å²) in [4.78, 5) is 5.02. The molecule has 4 rings (SSSR count). The Balaban J connectivity index is 1.31. The molecule has 3 aromatic carbocycles. The van der Waals surface area contributed by atoms with Crippen molar-refractivity contribution in [2.75, 3.05) is 31.5 Å². The Morgan fingerprint density at radius 1 is 0.941 bits per heavy atom. The zero-order valence-corrected chi connectivity index (χ0v) is 20.9. The first-order valence-corrected chi connectivity index (χ1v) is 13.4. The molecule has 1 fully saturated rings. The third-order valence-electron chi connectivity index (χ3n) is 6.27. The van der Waals surface area contributed by atoms with Gasteiger partial charge >= 0.3 is 0 Å². The molecule has 1 aliphatic heterocycles. The van der Waals surface area contributed by atoms with E-state index in [2.05, 4.69) is 46.3 Å². The van der Waals surface area contributed by atoms with Crippen LogP contribution in [0.5, 0.6) is 0 Å². The van der Waals surface area contributed by atoms with Crippen LogP contribution in [-0.2, 0) is 16.6 Å². The van der Waals surface area contributed by atoms with Gasteiger partial charge in [0.2, 0.25) is 10.0 Å². The van der Waals surface area contributed by atoms with Crippen molar-refractivity contribution in [2.45, 2.75) is 31.0 Å². The number of benzene rings is 3. The summed E-state index contributed by atoms with van der Waals surface area (Å²) in [5.74, 6) is 0. The van der Waals surface area contributed by atoms with Crippen molar-refractivity contribution in [3.63, 3.8) is 0 Å². The first-order chi connectivity index (χ1) is 16.3. The summed E-state index contributed by atoms with van der Waals surface area (Å²) in [6.45, 7) is 6.92. The van der Waals surface area contributed by atoms with Crippen LogP contribution in [0.2, 0.25) is 5.02 Å². The SMILES string of the molecule is CC[C@H](Nc1cccc(S(N)(=O)=O)c1)N1CCN(Cc2ccc(-c3ccc(Cl)cc3)cc2)CC1. The Morgan fingerprint density at radius 2 is 1.56 bits per heavy atom. The van der Waals surface area contributed by atoms with Gasteiger partial charge in [-0.25, -0.2) is 13.6 Å². The highest BCUT2D eigenvalue weighted by atomic mass is 35.5. The van der Waals surface area contributed by atoms with Crippen LogP contribution in [0.25, 0.3) is 11.1 Å². The molecule has 0 unspecified atom stereocenters. The molecule has 1 atom stereocenters. The second-order valence-electron chi connectivity index (χ2n) is 8.66. The summed E-state index contributed by atoms with van der Waals surface area (Å²) >= 11 is 6.00. The maximum atomic E-state index is 11.7. The van der Waals surface area contributed by atoms with Crippen LogP contribution in [0.3, 0.4) is 0 Å². The Morgan fingerprint density at radius 3 is 2.15 bits per heavy atom. The van der Waals surface area contributed by atoms with E-state index >= 15 is 0 Å². The lowest BCUT2D eigenvalue weighted by molar-refractivity contribution is 0.0994. The van der Waals surface area contributed by atoms with Crippen LogP contribution in [0.4, 0.5) is 5.69 Å². The van der Waals surface area contributed by atoms with Gasteiger partial charge in [0.05, 0.1) is 11.1 Å². The van der Waals surface area contributed by atoms with Gasteiger partial charge in [-0.3, -0.25) is 9.80 Å². The van der Waals surface area contributed by atoms with Gasteiger partial charge in [-0.2, -0.15) is 0 Å². The molecule has 0 aliphatic carbocycles. The average Bonchev–Trinajstić information content (AvgIpc) is 2.84. The fraction of sp³-hybridized carbons (Fsp3) is 0.308. The molecule has 0 amide bonds. The van der Waals surface area contributed by atoms with Gasteiger partial charge in [0.25, 0.3) is 0 Å². The molecule has 0 saturated carbocycles. The number of rotatable bonds is 8. The van der Waals surface area contributed by atoms with E-state index in [-0.39, 0.29) is 11.1 Å². The smallest absolute Gasteiger partial charge is 0.238 e. The number of nitrogens with one attached hydrogen (secondary N) is 1. The molecule has 0 bridgehead atoms. The van der Waals surface area contributed by atoms with Crippen molar-refractivity contribution in [3.05, 3.63) is 83.4 Å². The van der Waals surface area contributed by atoms with Gasteiger partial charge in [0, 0.05) is 43.4 Å². The normalized spacial score (nSPS) is 16.3. The highest BCUT2D eigenvalue weighted by molar-refractivity contribution is 7.89. The molecule has 0 spiro atoms. The topological polar surface area (TPSA) is 78.7 Å². The zero-order chi connectivity index (χ0) is 24.1. The Kier molecular flexibility index (Phi) is 7.91. The summed E-state index contributed by atoms with van der Waals surface area (Å²) in [5.41, 5.74) is 4.42. The average molecular weight is 499 g/mol. The van der Waals surface area contributed by atoms with E-state index in [1.165, 1.54) is 17.2 Å². The molecule has 8 heteroatoms. The predicted octanol–water partition coefficient (Wildman–Crippen LogP) is 4.62. The van der Waals surface area contributed by atoms with Crippen molar-refractivity contribution in [2.24, 2.45) is 5.14 Å². The molecule has 1 heterocycles. The number of sulfonamides is 1. The number of piperazine rings is 1. The first-order valence-electron chi connectivity index (χ1n) is 11.5. The van der Waals surface area contributed by atoms with Crippen LogP contribution in [0, 0.1) is 0 Å². The van der Waals surface area contributed by atoms with Crippen molar-refractivity contribution in [1.29, 1.82) is 0 Å². The number of hydrogen-bond donors (Lipinski definition) is 2. The van der Waals surface area contributed by atoms with E-state index < -0.39 is 10.0 Å². The van der Waals surface area contributed by atoms with Gasteiger partial charge in [-0.1, -0.05) is 61.0 Å². The molecule has 180 valence electrons. The van der Waals surface area contributed by atoms with Crippen LogP contribution in [0.15, 0.2) is 77.7 Å². The van der Waals surface area contributed by atoms with E-state index in [1.54, 1.807) is 12.1 Å². The number of halogens is 1. The Labute approximate surface area is 207 Å². The maximum Gasteiger partial charge on any atom is 0.238 e. The minimum Gasteiger partial charge on any atom is -0.370 e. The second kappa shape index (κ2) is 10.9. The minimum atomic E-state index is -3.72. The highest BCUT2D eigenvalue weighted by Crippen LogP contribution is 2.23. The van der Waals surface area contributed by atoms with Crippen molar-refractivity contribution in [3.8, 4) is 11.1 Å². The molecule has 34 heavy (non-hydrogen) atoms. The lowest BCUT2D eigenvalue weighted by Crippen LogP contribution is -2.52. The highest BCUT2D eigenvalue weighted by Gasteiger charge is 2.23. The maximum absolute atomic E-state index is 11.7. The predicted molar refractivity (Wildman–Crippen MR) is 139 cm³/mol. The number of primary sulfonamides is 1. The van der Waals surface area contributed by atoms with Gasteiger partial charge < -0.3 is 5.32 Å². The molecule has 1 saturated heterocycles. The fourth-order valence-electron chi connectivity index (χ4n) is 4.34. The van der Waals surface area contributed by atoms with Crippen LogP contribution >= 0.6 is 11.6 Å². The van der Waals surface area contributed by atoms with E-state index in [0.717, 1.165) is 55.4 Å². The van der Waals surface area contributed by atoms with Gasteiger partial charge in [-0.05, 0) is 53.4 Å². The third kappa shape index (κ3) is 6.37. The van der Waals surface area contributed by atoms with E-state index in [4.69, 9.17) is 16.7 Å². The summed E-state index contributed by atoms with van der Waals surface area (Å²) < 4.78 is 23.3. The van der Waals surface area contributed by atoms with Crippen molar-refractivity contribution >= 4 is 27.3 Å². The first kappa shape index (κ1) is 24.7. The van der Waals surface area contributed by atoms with Gasteiger partial charge in [0.1, 0.15) is 0 Å². The van der Waals surface area contributed by atoms with Crippen molar-refractivity contribution in [1.82, 2.24) is 9.80 Å². The second-order valence-corrected chi connectivity index (χ2v) is 10.7. The molecular weight excluding hydrogens is 468 g/mol. The summed E-state index contributed by atoms with van der Waals surface area (Å²) in [6, 6.07) is 23.4. The number of nitrogens with zero attached hydrogens (tertiary/aromatic N) is 2. The third-order valence-corrected chi connectivity index (χ3v) is 7.43. The summed E-state index contributed by atoms with van der Waals surface area (Å²) in [6.07, 6.45) is 1.04. The Bertz CT molecular complexity index is 1190. The van der Waals surface area contributed by atoms with E-state index in [0.29, 0.717) is 0 Å². The van der Waals surface area contributed by atoms with E-state index in [9.17, 15) is 8.42 Å². The molecule has 3 aromatic rings. The molecule has 0 radical (unpaired) electrons. The quantitative estimate of drug-likeness (QED) is 0.473. The van der Waals surface area contributed by atoms with E-state index in [1.807, 2.05) is 30.3 Å². The lowest BCUT2D eigenvalue weighted by Gasteiger charge is -2.39. The summed E-state index contributed by atoms with van der Waals surface area (Å²) in [7, 11) is -3.72. The minimum absolute atomic E-state index is 0.124. The zero-order valence-electron chi connectivity index (χ0n) is 19.3. The number of anilines is 1. The van der Waals surface area contributed by atoms with Crippen molar-refractivity contribution < 1.29 is 8.42 Å². The lowest BCUT2D eigenvalue weighted by atomic mass is 10.0. The number of nitrogens with two attached hydrogens (primary N) is 1. The molecule has 6 nitrogen and oxygen atoms in total. The molecule has 1 aliphatic rings. The molecule has 3 N–H and O–H groups in total.